The first-order valence-electron chi connectivity index (χ1n) is 7.87. The van der Waals surface area contributed by atoms with Crippen molar-refractivity contribution in [3.63, 3.8) is 0 Å². The van der Waals surface area contributed by atoms with E-state index in [0.717, 1.165) is 12.1 Å². The molecular formula is C15H30N2. The molecule has 0 aromatic carbocycles. The molecule has 0 radical (unpaired) electrons. The van der Waals surface area contributed by atoms with Crippen LogP contribution in [0.1, 0.15) is 64.7 Å². The molecule has 0 aromatic heterocycles. The summed E-state index contributed by atoms with van der Waals surface area (Å²) in [5.41, 5.74) is 0. The second-order valence-corrected chi connectivity index (χ2v) is 5.91. The van der Waals surface area contributed by atoms with Crippen LogP contribution < -0.4 is 5.32 Å². The number of likely N-dealkylation sites (tertiary alicyclic amines) is 1. The molecule has 0 saturated carbocycles. The smallest absolute Gasteiger partial charge is 0.0195 e. The van der Waals surface area contributed by atoms with Gasteiger partial charge in [-0.15, -0.1) is 0 Å². The highest BCUT2D eigenvalue weighted by Crippen LogP contribution is 2.20. The van der Waals surface area contributed by atoms with Gasteiger partial charge < -0.3 is 5.32 Å². The molecular weight excluding hydrogens is 208 g/mol. The summed E-state index contributed by atoms with van der Waals surface area (Å²) in [5.74, 6) is 0. The molecule has 100 valence electrons. The van der Waals surface area contributed by atoms with Crippen molar-refractivity contribution in [2.75, 3.05) is 19.6 Å². The highest BCUT2D eigenvalue weighted by molar-refractivity contribution is 4.81. The van der Waals surface area contributed by atoms with Gasteiger partial charge in [0.1, 0.15) is 0 Å². The summed E-state index contributed by atoms with van der Waals surface area (Å²) in [6, 6.07) is 1.64. The minimum Gasteiger partial charge on any atom is -0.313 e. The lowest BCUT2D eigenvalue weighted by Gasteiger charge is -2.38. The Morgan fingerprint density at radius 1 is 1.00 bits per heavy atom. The van der Waals surface area contributed by atoms with Crippen LogP contribution in [0.2, 0.25) is 0 Å². The van der Waals surface area contributed by atoms with Gasteiger partial charge in [0.15, 0.2) is 0 Å². The van der Waals surface area contributed by atoms with Gasteiger partial charge in [-0.1, -0.05) is 32.6 Å². The normalized spacial score (nSPS) is 33.0. The summed E-state index contributed by atoms with van der Waals surface area (Å²) < 4.78 is 0. The zero-order valence-corrected chi connectivity index (χ0v) is 11.6. The van der Waals surface area contributed by atoms with Crippen molar-refractivity contribution in [1.82, 2.24) is 10.2 Å². The molecule has 2 heteroatoms. The first-order valence-corrected chi connectivity index (χ1v) is 7.87. The van der Waals surface area contributed by atoms with Crippen molar-refractivity contribution >= 4 is 0 Å². The molecule has 2 saturated heterocycles. The maximum absolute atomic E-state index is 3.77. The van der Waals surface area contributed by atoms with Crippen LogP contribution in [0.15, 0.2) is 0 Å². The molecule has 2 nitrogen and oxygen atoms in total. The Labute approximate surface area is 107 Å². The summed E-state index contributed by atoms with van der Waals surface area (Å²) in [5, 5.41) is 3.77. The first kappa shape index (κ1) is 13.4. The van der Waals surface area contributed by atoms with Crippen LogP contribution in [0, 0.1) is 0 Å². The van der Waals surface area contributed by atoms with Crippen LogP contribution >= 0.6 is 0 Å². The zero-order chi connectivity index (χ0) is 11.9. The van der Waals surface area contributed by atoms with Crippen molar-refractivity contribution in [3.8, 4) is 0 Å². The molecule has 2 rings (SSSR count). The van der Waals surface area contributed by atoms with Crippen molar-refractivity contribution in [3.05, 3.63) is 0 Å². The van der Waals surface area contributed by atoms with Crippen molar-refractivity contribution in [2.24, 2.45) is 0 Å². The van der Waals surface area contributed by atoms with E-state index in [4.69, 9.17) is 0 Å². The van der Waals surface area contributed by atoms with E-state index < -0.39 is 0 Å². The maximum atomic E-state index is 3.77. The van der Waals surface area contributed by atoms with Crippen molar-refractivity contribution < 1.29 is 0 Å². The van der Waals surface area contributed by atoms with Gasteiger partial charge in [-0.05, 0) is 45.2 Å². The van der Waals surface area contributed by atoms with Gasteiger partial charge in [-0.2, -0.15) is 0 Å². The fraction of sp³-hybridized carbons (Fsp3) is 1.00. The number of hydrogen-bond donors (Lipinski definition) is 1. The molecule has 0 bridgehead atoms. The van der Waals surface area contributed by atoms with E-state index in [1.165, 1.54) is 77.4 Å². The molecule has 17 heavy (non-hydrogen) atoms. The maximum Gasteiger partial charge on any atom is 0.0195 e. The average Bonchev–Trinajstić information content (AvgIpc) is 2.33. The topological polar surface area (TPSA) is 15.3 Å². The molecule has 2 aliphatic heterocycles. The number of rotatable bonds is 3. The minimum absolute atomic E-state index is 0.766. The third-order valence-corrected chi connectivity index (χ3v) is 4.59. The number of hydrogen-bond acceptors (Lipinski definition) is 2. The molecule has 0 amide bonds. The van der Waals surface area contributed by atoms with Gasteiger partial charge in [0, 0.05) is 18.6 Å². The lowest BCUT2D eigenvalue weighted by molar-refractivity contribution is 0.125. The van der Waals surface area contributed by atoms with E-state index >= 15 is 0 Å². The Hall–Kier alpha value is -0.0800. The number of piperidine rings is 1. The zero-order valence-electron chi connectivity index (χ0n) is 11.6. The van der Waals surface area contributed by atoms with Gasteiger partial charge in [0.05, 0.1) is 0 Å². The van der Waals surface area contributed by atoms with E-state index in [1.807, 2.05) is 0 Å². The molecule has 2 unspecified atom stereocenters. The fourth-order valence-corrected chi connectivity index (χ4v) is 3.48. The number of nitrogens with zero attached hydrogens (tertiary/aromatic N) is 1. The molecule has 0 aliphatic carbocycles. The van der Waals surface area contributed by atoms with Gasteiger partial charge in [-0.3, -0.25) is 4.90 Å². The Bertz CT molecular complexity index is 197. The fourth-order valence-electron chi connectivity index (χ4n) is 3.48. The molecule has 0 spiro atoms. The van der Waals surface area contributed by atoms with Crippen LogP contribution in [-0.4, -0.2) is 36.6 Å². The van der Waals surface area contributed by atoms with E-state index in [0.29, 0.717) is 0 Å². The lowest BCUT2D eigenvalue weighted by atomic mass is 9.97. The van der Waals surface area contributed by atoms with Gasteiger partial charge in [0.25, 0.3) is 0 Å². The van der Waals surface area contributed by atoms with Crippen LogP contribution in [0.5, 0.6) is 0 Å². The third kappa shape index (κ3) is 4.26. The predicted molar refractivity (Wildman–Crippen MR) is 74.4 cm³/mol. The molecule has 2 fully saturated rings. The third-order valence-electron chi connectivity index (χ3n) is 4.59. The van der Waals surface area contributed by atoms with Gasteiger partial charge in [0.2, 0.25) is 0 Å². The molecule has 0 aromatic rings. The molecule has 2 heterocycles. The van der Waals surface area contributed by atoms with Crippen LogP contribution in [0.25, 0.3) is 0 Å². The molecule has 2 atom stereocenters. The Kier molecular flexibility index (Phi) is 5.79. The van der Waals surface area contributed by atoms with Crippen LogP contribution in [0.3, 0.4) is 0 Å². The highest BCUT2D eigenvalue weighted by atomic mass is 15.2. The van der Waals surface area contributed by atoms with Crippen LogP contribution in [0.4, 0.5) is 0 Å². The summed E-state index contributed by atoms with van der Waals surface area (Å²) in [6.07, 6.45) is 12.7. The summed E-state index contributed by atoms with van der Waals surface area (Å²) >= 11 is 0. The largest absolute Gasteiger partial charge is 0.313 e. The Morgan fingerprint density at radius 3 is 2.71 bits per heavy atom. The lowest BCUT2D eigenvalue weighted by Crippen LogP contribution is -2.48. The second-order valence-electron chi connectivity index (χ2n) is 5.91. The summed E-state index contributed by atoms with van der Waals surface area (Å²) in [7, 11) is 0. The van der Waals surface area contributed by atoms with E-state index in [2.05, 4.69) is 17.1 Å². The summed E-state index contributed by atoms with van der Waals surface area (Å²) in [6.45, 7) is 6.25. The van der Waals surface area contributed by atoms with Crippen LogP contribution in [-0.2, 0) is 0 Å². The number of nitrogens with one attached hydrogen (secondary N) is 1. The standard InChI is InChI=1S/C15H30N2/c1-2-15-10-6-8-12-17(15)13-14-9-5-3-4-7-11-16-14/h14-16H,2-13H2,1H3. The predicted octanol–water partition coefficient (Wildman–Crippen LogP) is 3.17. The van der Waals surface area contributed by atoms with E-state index in [9.17, 15) is 0 Å². The molecule has 2 aliphatic rings. The van der Waals surface area contributed by atoms with Gasteiger partial charge in [-0.25, -0.2) is 0 Å². The van der Waals surface area contributed by atoms with E-state index in [-0.39, 0.29) is 0 Å². The molecule has 1 N–H and O–H groups in total. The SMILES string of the molecule is CCC1CCCCN1CC1CCCCCCN1. The first-order chi connectivity index (χ1) is 8.40. The Balaban J connectivity index is 1.80. The monoisotopic (exact) mass is 238 g/mol. The average molecular weight is 238 g/mol. The summed E-state index contributed by atoms with van der Waals surface area (Å²) in [4.78, 5) is 2.77. The van der Waals surface area contributed by atoms with Crippen molar-refractivity contribution in [2.45, 2.75) is 76.8 Å². The quantitative estimate of drug-likeness (QED) is 0.812. The Morgan fingerprint density at radius 2 is 1.82 bits per heavy atom. The van der Waals surface area contributed by atoms with Crippen molar-refractivity contribution in [1.29, 1.82) is 0 Å². The van der Waals surface area contributed by atoms with E-state index in [1.54, 1.807) is 0 Å². The second kappa shape index (κ2) is 7.38. The highest BCUT2D eigenvalue weighted by Gasteiger charge is 2.23. The minimum atomic E-state index is 0.766. The van der Waals surface area contributed by atoms with Gasteiger partial charge >= 0.3 is 0 Å².